The Balaban J connectivity index is 2.09. The van der Waals surface area contributed by atoms with Crippen molar-refractivity contribution in [1.82, 2.24) is 10.3 Å². The maximum absolute atomic E-state index is 11.9. The van der Waals surface area contributed by atoms with E-state index in [-0.39, 0.29) is 5.91 Å². The van der Waals surface area contributed by atoms with Crippen LogP contribution in [0.25, 0.3) is 0 Å². The van der Waals surface area contributed by atoms with E-state index >= 15 is 0 Å². The molecule has 5 heteroatoms. The molecule has 0 aliphatic heterocycles. The SMILES string of the molecule is N#CC1(NC(=O)c2cscn2)CCCCCC1. The zero-order valence-electron chi connectivity index (χ0n) is 9.61. The third-order valence-corrected chi connectivity index (χ3v) is 3.78. The van der Waals surface area contributed by atoms with Crippen molar-refractivity contribution in [3.05, 3.63) is 16.6 Å². The number of nitriles is 1. The van der Waals surface area contributed by atoms with Gasteiger partial charge in [0.1, 0.15) is 11.2 Å². The van der Waals surface area contributed by atoms with E-state index in [9.17, 15) is 10.1 Å². The van der Waals surface area contributed by atoms with Gasteiger partial charge in [-0.3, -0.25) is 4.79 Å². The minimum absolute atomic E-state index is 0.227. The second kappa shape index (κ2) is 5.28. The quantitative estimate of drug-likeness (QED) is 0.819. The largest absolute Gasteiger partial charge is 0.332 e. The molecule has 1 amide bonds. The van der Waals surface area contributed by atoms with Crippen molar-refractivity contribution in [3.8, 4) is 6.07 Å². The lowest BCUT2D eigenvalue weighted by Crippen LogP contribution is -2.47. The minimum atomic E-state index is -0.683. The van der Waals surface area contributed by atoms with Gasteiger partial charge in [0, 0.05) is 5.38 Å². The van der Waals surface area contributed by atoms with E-state index in [1.54, 1.807) is 10.9 Å². The smallest absolute Gasteiger partial charge is 0.271 e. The Morgan fingerprint density at radius 1 is 1.41 bits per heavy atom. The van der Waals surface area contributed by atoms with E-state index in [4.69, 9.17) is 0 Å². The summed E-state index contributed by atoms with van der Waals surface area (Å²) in [6.07, 6.45) is 5.81. The van der Waals surface area contributed by atoms with Gasteiger partial charge in [0.2, 0.25) is 0 Å². The first-order valence-electron chi connectivity index (χ1n) is 5.88. The molecule has 0 atom stereocenters. The fraction of sp³-hybridized carbons (Fsp3) is 0.583. The van der Waals surface area contributed by atoms with Gasteiger partial charge in [-0.15, -0.1) is 11.3 Å². The van der Waals surface area contributed by atoms with Crippen LogP contribution in [0, 0.1) is 11.3 Å². The Labute approximate surface area is 105 Å². The Hall–Kier alpha value is -1.41. The summed E-state index contributed by atoms with van der Waals surface area (Å²) in [6.45, 7) is 0. The lowest BCUT2D eigenvalue weighted by atomic mass is 9.92. The number of carbonyl (C=O) groups excluding carboxylic acids is 1. The van der Waals surface area contributed by atoms with Crippen LogP contribution < -0.4 is 5.32 Å². The number of nitrogens with zero attached hydrogens (tertiary/aromatic N) is 2. The number of hydrogen-bond donors (Lipinski definition) is 1. The summed E-state index contributed by atoms with van der Waals surface area (Å²) in [5.74, 6) is -0.227. The van der Waals surface area contributed by atoms with Crippen LogP contribution in [0.2, 0.25) is 0 Å². The first-order valence-corrected chi connectivity index (χ1v) is 6.82. The monoisotopic (exact) mass is 249 g/mol. The van der Waals surface area contributed by atoms with E-state index in [0.29, 0.717) is 5.69 Å². The Bertz CT molecular complexity index is 413. The highest BCUT2D eigenvalue weighted by molar-refractivity contribution is 7.07. The molecule has 4 nitrogen and oxygen atoms in total. The summed E-state index contributed by atoms with van der Waals surface area (Å²) < 4.78 is 0. The summed E-state index contributed by atoms with van der Waals surface area (Å²) in [4.78, 5) is 15.9. The van der Waals surface area contributed by atoms with Crippen molar-refractivity contribution in [2.75, 3.05) is 0 Å². The summed E-state index contributed by atoms with van der Waals surface area (Å²) in [5.41, 5.74) is 1.35. The standard InChI is InChI=1S/C12H15N3OS/c13-8-12(5-3-1-2-4-6-12)15-11(16)10-7-17-9-14-10/h7,9H,1-6H2,(H,15,16). The van der Waals surface area contributed by atoms with E-state index in [1.165, 1.54) is 11.3 Å². The Kier molecular flexibility index (Phi) is 3.75. The molecule has 90 valence electrons. The fourth-order valence-corrected chi connectivity index (χ4v) is 2.73. The summed E-state index contributed by atoms with van der Waals surface area (Å²) in [6, 6.07) is 2.29. The van der Waals surface area contributed by atoms with Crippen LogP contribution in [0.15, 0.2) is 10.9 Å². The van der Waals surface area contributed by atoms with Crippen molar-refractivity contribution >= 4 is 17.2 Å². The van der Waals surface area contributed by atoms with E-state index in [0.717, 1.165) is 38.5 Å². The highest BCUT2D eigenvalue weighted by Gasteiger charge is 2.33. The molecule has 1 fully saturated rings. The molecule has 2 rings (SSSR count). The van der Waals surface area contributed by atoms with Crippen LogP contribution in [-0.2, 0) is 0 Å². The molecule has 1 saturated carbocycles. The summed E-state index contributed by atoms with van der Waals surface area (Å²) in [7, 11) is 0. The molecule has 1 aromatic rings. The zero-order valence-corrected chi connectivity index (χ0v) is 10.4. The van der Waals surface area contributed by atoms with Crippen molar-refractivity contribution in [2.24, 2.45) is 0 Å². The van der Waals surface area contributed by atoms with Crippen LogP contribution in [0.5, 0.6) is 0 Å². The lowest BCUT2D eigenvalue weighted by molar-refractivity contribution is 0.0908. The predicted octanol–water partition coefficient (Wildman–Crippen LogP) is 2.49. The average molecular weight is 249 g/mol. The first-order chi connectivity index (χ1) is 8.26. The molecule has 17 heavy (non-hydrogen) atoms. The highest BCUT2D eigenvalue weighted by Crippen LogP contribution is 2.26. The van der Waals surface area contributed by atoms with Crippen molar-refractivity contribution in [1.29, 1.82) is 5.26 Å². The van der Waals surface area contributed by atoms with E-state index < -0.39 is 5.54 Å². The van der Waals surface area contributed by atoms with Gasteiger partial charge in [-0.2, -0.15) is 5.26 Å². The van der Waals surface area contributed by atoms with Gasteiger partial charge < -0.3 is 5.32 Å². The van der Waals surface area contributed by atoms with Crippen molar-refractivity contribution in [3.63, 3.8) is 0 Å². The molecule has 1 aromatic heterocycles. The molecule has 0 unspecified atom stereocenters. The molecule has 0 saturated heterocycles. The van der Waals surface area contributed by atoms with Crippen LogP contribution >= 0.6 is 11.3 Å². The van der Waals surface area contributed by atoms with Gasteiger partial charge in [-0.25, -0.2) is 4.98 Å². The molecule has 1 N–H and O–H groups in total. The van der Waals surface area contributed by atoms with E-state index in [1.807, 2.05) is 0 Å². The summed E-state index contributed by atoms with van der Waals surface area (Å²) in [5, 5.41) is 13.9. The highest BCUT2D eigenvalue weighted by atomic mass is 32.1. The first kappa shape index (κ1) is 12.1. The van der Waals surface area contributed by atoms with Gasteiger partial charge in [-0.05, 0) is 12.8 Å². The lowest BCUT2D eigenvalue weighted by Gasteiger charge is -2.25. The molecule has 0 spiro atoms. The number of hydrogen-bond acceptors (Lipinski definition) is 4. The van der Waals surface area contributed by atoms with E-state index in [2.05, 4.69) is 16.4 Å². The van der Waals surface area contributed by atoms with Crippen molar-refractivity contribution in [2.45, 2.75) is 44.1 Å². The number of nitrogens with one attached hydrogen (secondary N) is 1. The Morgan fingerprint density at radius 3 is 2.65 bits per heavy atom. The average Bonchev–Trinajstić information content (AvgIpc) is 2.78. The van der Waals surface area contributed by atoms with Gasteiger partial charge in [0.25, 0.3) is 5.91 Å². The predicted molar refractivity (Wildman–Crippen MR) is 65.6 cm³/mol. The Morgan fingerprint density at radius 2 is 2.12 bits per heavy atom. The molecule has 0 radical (unpaired) electrons. The van der Waals surface area contributed by atoms with Crippen LogP contribution in [0.3, 0.4) is 0 Å². The third kappa shape index (κ3) is 2.83. The maximum Gasteiger partial charge on any atom is 0.271 e. The molecule has 1 aliphatic carbocycles. The summed E-state index contributed by atoms with van der Waals surface area (Å²) >= 11 is 1.39. The number of amides is 1. The third-order valence-electron chi connectivity index (χ3n) is 3.19. The molecule has 1 aliphatic rings. The number of aromatic nitrogens is 1. The van der Waals surface area contributed by atoms with Crippen LogP contribution in [0.4, 0.5) is 0 Å². The molecular formula is C12H15N3OS. The van der Waals surface area contributed by atoms with Gasteiger partial charge in [0.15, 0.2) is 0 Å². The van der Waals surface area contributed by atoms with Gasteiger partial charge >= 0.3 is 0 Å². The number of thiazole rings is 1. The second-order valence-electron chi connectivity index (χ2n) is 4.44. The fourth-order valence-electron chi connectivity index (χ4n) is 2.20. The second-order valence-corrected chi connectivity index (χ2v) is 5.15. The zero-order chi connectivity index (χ0) is 12.1. The molecule has 1 heterocycles. The van der Waals surface area contributed by atoms with Gasteiger partial charge in [-0.1, -0.05) is 25.7 Å². The van der Waals surface area contributed by atoms with Gasteiger partial charge in [0.05, 0.1) is 11.6 Å². The number of rotatable bonds is 2. The molecular weight excluding hydrogens is 234 g/mol. The molecule has 0 bridgehead atoms. The molecule has 0 aromatic carbocycles. The topological polar surface area (TPSA) is 65.8 Å². The van der Waals surface area contributed by atoms with Crippen LogP contribution in [-0.4, -0.2) is 16.4 Å². The maximum atomic E-state index is 11.9. The van der Waals surface area contributed by atoms with Crippen molar-refractivity contribution < 1.29 is 4.79 Å². The van der Waals surface area contributed by atoms with Crippen LogP contribution in [0.1, 0.15) is 49.0 Å². The minimum Gasteiger partial charge on any atom is -0.332 e. The number of carbonyl (C=O) groups is 1. The normalized spacial score (nSPS) is 19.0.